The first kappa shape index (κ1) is 24.9. The molecule has 3 heteroatoms. The molecule has 0 amide bonds. The lowest BCUT2D eigenvalue weighted by Gasteiger charge is -2.22. The van der Waals surface area contributed by atoms with Crippen molar-refractivity contribution in [3.63, 3.8) is 0 Å². The van der Waals surface area contributed by atoms with Crippen LogP contribution in [0.25, 0.3) is 44.5 Å². The van der Waals surface area contributed by atoms with Crippen molar-refractivity contribution in [1.29, 1.82) is 0 Å². The van der Waals surface area contributed by atoms with Crippen LogP contribution in [0, 0.1) is 0 Å². The van der Waals surface area contributed by atoms with Crippen LogP contribution in [-0.4, -0.2) is 0 Å². The minimum absolute atomic E-state index is 0.192. The summed E-state index contributed by atoms with van der Waals surface area (Å²) in [6.07, 6.45) is -4.49. The number of hydrogen-bond donors (Lipinski definition) is 0. The van der Waals surface area contributed by atoms with Gasteiger partial charge in [-0.15, -0.1) is 0 Å². The summed E-state index contributed by atoms with van der Waals surface area (Å²) in [5, 5.41) is 0. The smallest absolute Gasteiger partial charge is 0.166 e. The van der Waals surface area contributed by atoms with Gasteiger partial charge in [-0.2, -0.15) is 13.2 Å². The predicted molar refractivity (Wildman–Crippen MR) is 157 cm³/mol. The van der Waals surface area contributed by atoms with E-state index in [0.29, 0.717) is 11.1 Å². The Morgan fingerprint density at radius 2 is 0.900 bits per heavy atom. The van der Waals surface area contributed by atoms with Crippen LogP contribution in [0.5, 0.6) is 0 Å². The average Bonchev–Trinajstić information content (AvgIpc) is 3.32. The Morgan fingerprint density at radius 1 is 0.425 bits per heavy atom. The summed E-state index contributed by atoms with van der Waals surface area (Å²) in [5.74, 6) is 0. The Hall–Kier alpha value is -4.11. The normalized spacial score (nSPS) is 15.8. The molecular formula is C37H29F3. The van der Waals surface area contributed by atoms with E-state index in [2.05, 4.69) is 64.1 Å². The second-order valence-electron chi connectivity index (χ2n) is 12.1. The summed E-state index contributed by atoms with van der Waals surface area (Å²) in [5.41, 5.74) is 10.3. The van der Waals surface area contributed by atoms with E-state index in [1.54, 1.807) is 6.07 Å². The molecular weight excluding hydrogens is 501 g/mol. The van der Waals surface area contributed by atoms with Crippen LogP contribution in [0.1, 0.15) is 55.5 Å². The first-order chi connectivity index (χ1) is 19.0. The van der Waals surface area contributed by atoms with E-state index in [1.807, 2.05) is 54.6 Å². The fourth-order valence-electron chi connectivity index (χ4n) is 6.98. The Kier molecular flexibility index (Phi) is 5.11. The molecule has 0 spiro atoms. The minimum Gasteiger partial charge on any atom is -0.166 e. The molecule has 40 heavy (non-hydrogen) atoms. The maximum Gasteiger partial charge on any atom is 0.417 e. The molecule has 0 N–H and O–H groups in total. The molecule has 0 saturated heterocycles. The van der Waals surface area contributed by atoms with Crippen LogP contribution in [0.2, 0.25) is 0 Å². The highest BCUT2D eigenvalue weighted by molar-refractivity contribution is 5.87. The highest BCUT2D eigenvalue weighted by Gasteiger charge is 2.38. The summed E-state index contributed by atoms with van der Waals surface area (Å²) in [4.78, 5) is 0. The standard InChI is InChI=1S/C37H29F3/c1-35(2)31-12-8-6-10-27(31)29-19-24(15-18-32(29)35)25-16-13-23(21-34(25)37(38,39)40)22-14-17-28-26-9-5-7-11-30(26)36(3,4)33(28)20-22/h5-21H,1-4H3. The van der Waals surface area contributed by atoms with Crippen molar-refractivity contribution in [1.82, 2.24) is 0 Å². The Balaban J connectivity index is 1.35. The van der Waals surface area contributed by atoms with Crippen LogP contribution >= 0.6 is 0 Å². The molecule has 0 heterocycles. The van der Waals surface area contributed by atoms with Gasteiger partial charge in [0, 0.05) is 10.8 Å². The number of hydrogen-bond acceptors (Lipinski definition) is 0. The third-order valence-corrected chi connectivity index (χ3v) is 9.14. The number of halogens is 3. The van der Waals surface area contributed by atoms with Crippen LogP contribution in [-0.2, 0) is 17.0 Å². The van der Waals surface area contributed by atoms with Crippen LogP contribution in [0.15, 0.2) is 103 Å². The van der Waals surface area contributed by atoms with Gasteiger partial charge in [-0.3, -0.25) is 0 Å². The predicted octanol–water partition coefficient (Wildman–Crippen LogP) is 10.7. The zero-order valence-electron chi connectivity index (χ0n) is 22.9. The highest BCUT2D eigenvalue weighted by atomic mass is 19.4. The van der Waals surface area contributed by atoms with Crippen molar-refractivity contribution in [2.75, 3.05) is 0 Å². The molecule has 198 valence electrons. The van der Waals surface area contributed by atoms with Crippen LogP contribution < -0.4 is 0 Å². The van der Waals surface area contributed by atoms with Crippen LogP contribution in [0.3, 0.4) is 0 Å². The molecule has 0 atom stereocenters. The van der Waals surface area contributed by atoms with E-state index in [1.165, 1.54) is 22.8 Å². The lowest BCUT2D eigenvalue weighted by molar-refractivity contribution is -0.137. The third kappa shape index (κ3) is 3.46. The van der Waals surface area contributed by atoms with Gasteiger partial charge in [0.2, 0.25) is 0 Å². The molecule has 0 unspecified atom stereocenters. The largest absolute Gasteiger partial charge is 0.417 e. The molecule has 0 aliphatic heterocycles. The number of benzene rings is 5. The molecule has 5 aromatic carbocycles. The molecule has 2 aliphatic rings. The second-order valence-corrected chi connectivity index (χ2v) is 12.1. The van der Waals surface area contributed by atoms with Gasteiger partial charge in [-0.1, -0.05) is 113 Å². The monoisotopic (exact) mass is 530 g/mol. The highest BCUT2D eigenvalue weighted by Crippen LogP contribution is 2.52. The maximum absolute atomic E-state index is 14.6. The molecule has 0 nitrogen and oxygen atoms in total. The minimum atomic E-state index is -4.49. The lowest BCUT2D eigenvalue weighted by atomic mass is 9.81. The first-order valence-corrected chi connectivity index (χ1v) is 13.7. The number of alkyl halides is 3. The maximum atomic E-state index is 14.6. The quantitative estimate of drug-likeness (QED) is 0.213. The van der Waals surface area contributed by atoms with Gasteiger partial charge in [-0.05, 0) is 85.0 Å². The van der Waals surface area contributed by atoms with Crippen molar-refractivity contribution in [2.24, 2.45) is 0 Å². The molecule has 0 radical (unpaired) electrons. The molecule has 2 aliphatic carbocycles. The van der Waals surface area contributed by atoms with Gasteiger partial charge < -0.3 is 0 Å². The van der Waals surface area contributed by atoms with Crippen molar-refractivity contribution >= 4 is 0 Å². The van der Waals surface area contributed by atoms with Gasteiger partial charge in [0.25, 0.3) is 0 Å². The molecule has 0 fully saturated rings. The average molecular weight is 531 g/mol. The topological polar surface area (TPSA) is 0 Å². The van der Waals surface area contributed by atoms with Crippen LogP contribution in [0.4, 0.5) is 13.2 Å². The van der Waals surface area contributed by atoms with Crippen molar-refractivity contribution in [3.8, 4) is 44.5 Å². The van der Waals surface area contributed by atoms with E-state index in [4.69, 9.17) is 0 Å². The molecule has 7 rings (SSSR count). The third-order valence-electron chi connectivity index (χ3n) is 9.14. The Labute approximate surface area is 233 Å². The summed E-state index contributed by atoms with van der Waals surface area (Å²) in [7, 11) is 0. The number of rotatable bonds is 2. The van der Waals surface area contributed by atoms with E-state index in [-0.39, 0.29) is 16.4 Å². The van der Waals surface area contributed by atoms with E-state index >= 15 is 0 Å². The van der Waals surface area contributed by atoms with E-state index in [9.17, 15) is 13.2 Å². The van der Waals surface area contributed by atoms with Crippen molar-refractivity contribution in [2.45, 2.75) is 44.7 Å². The van der Waals surface area contributed by atoms with Crippen molar-refractivity contribution in [3.05, 3.63) is 131 Å². The zero-order chi connectivity index (χ0) is 28.0. The van der Waals surface area contributed by atoms with Gasteiger partial charge in [0.15, 0.2) is 0 Å². The second kappa shape index (κ2) is 8.20. The van der Waals surface area contributed by atoms with Gasteiger partial charge in [0.1, 0.15) is 0 Å². The SMILES string of the molecule is CC1(C)c2ccccc2-c2cc(-c3ccc(-c4ccc5c(c4)C(C)(C)c4ccccc4-5)cc3C(F)(F)F)ccc21. The van der Waals surface area contributed by atoms with Gasteiger partial charge in [-0.25, -0.2) is 0 Å². The summed E-state index contributed by atoms with van der Waals surface area (Å²) < 4.78 is 43.8. The molecule has 0 aromatic heterocycles. The van der Waals surface area contributed by atoms with E-state index in [0.717, 1.165) is 33.4 Å². The molecule has 0 saturated carbocycles. The Bertz CT molecular complexity index is 1840. The summed E-state index contributed by atoms with van der Waals surface area (Å²) in [6, 6.07) is 33.1. The Morgan fingerprint density at radius 3 is 1.55 bits per heavy atom. The molecule has 5 aromatic rings. The fraction of sp³-hybridized carbons (Fsp3) is 0.189. The molecule has 0 bridgehead atoms. The van der Waals surface area contributed by atoms with Crippen molar-refractivity contribution < 1.29 is 13.2 Å². The van der Waals surface area contributed by atoms with Gasteiger partial charge >= 0.3 is 6.18 Å². The van der Waals surface area contributed by atoms with Gasteiger partial charge in [0.05, 0.1) is 5.56 Å². The summed E-state index contributed by atoms with van der Waals surface area (Å²) >= 11 is 0. The number of fused-ring (bicyclic) bond motifs is 6. The lowest BCUT2D eigenvalue weighted by Crippen LogP contribution is -2.15. The zero-order valence-corrected chi connectivity index (χ0v) is 22.9. The summed E-state index contributed by atoms with van der Waals surface area (Å²) in [6.45, 7) is 8.70. The fourth-order valence-corrected chi connectivity index (χ4v) is 6.98. The first-order valence-electron chi connectivity index (χ1n) is 13.7. The van der Waals surface area contributed by atoms with E-state index < -0.39 is 11.7 Å².